The summed E-state index contributed by atoms with van der Waals surface area (Å²) in [6.07, 6.45) is 14.5. The van der Waals surface area contributed by atoms with Gasteiger partial charge in [0.2, 0.25) is 0 Å². The van der Waals surface area contributed by atoms with Crippen molar-refractivity contribution in [1.29, 1.82) is 0 Å². The van der Waals surface area contributed by atoms with Gasteiger partial charge in [0.1, 0.15) is 6.10 Å². The van der Waals surface area contributed by atoms with Crippen molar-refractivity contribution in [2.24, 2.45) is 5.41 Å². The number of hydrogen-bond donors (Lipinski definition) is 0. The van der Waals surface area contributed by atoms with Crippen LogP contribution in [0.4, 0.5) is 0 Å². The second-order valence-electron chi connectivity index (χ2n) is 9.22. The summed E-state index contributed by atoms with van der Waals surface area (Å²) in [7, 11) is 0. The van der Waals surface area contributed by atoms with Crippen molar-refractivity contribution in [3.8, 4) is 0 Å². The summed E-state index contributed by atoms with van der Waals surface area (Å²) < 4.78 is 11.8. The first-order chi connectivity index (χ1) is 13.8. The Bertz CT molecular complexity index is 755. The number of allylic oxidation sites excluding steroid dienone is 1. The molecule has 0 saturated carbocycles. The Labute approximate surface area is 180 Å². The van der Waals surface area contributed by atoms with E-state index in [-0.39, 0.29) is 31.1 Å². The van der Waals surface area contributed by atoms with Crippen molar-refractivity contribution in [3.63, 3.8) is 0 Å². The minimum Gasteiger partial charge on any atom is -0.458 e. The number of epoxide rings is 1. The van der Waals surface area contributed by atoms with Crippen molar-refractivity contribution in [2.45, 2.75) is 97.4 Å². The van der Waals surface area contributed by atoms with E-state index in [0.29, 0.717) is 6.42 Å². The number of nitrogens with zero attached hydrogens (tertiary/aromatic N) is 1. The third kappa shape index (κ3) is 7.38. The molecule has 2 aliphatic rings. The molecule has 0 amide bonds. The third-order valence-electron chi connectivity index (χ3n) is 5.94. The fraction of sp³-hybridized carbons (Fsp3) is 0.667. The number of hydrogen-bond acceptors (Lipinski definition) is 5. The Morgan fingerprint density at radius 3 is 2.86 bits per heavy atom. The zero-order chi connectivity index (χ0) is 20.9. The van der Waals surface area contributed by atoms with Crippen LogP contribution >= 0.6 is 11.3 Å². The van der Waals surface area contributed by atoms with E-state index in [1.807, 2.05) is 25.3 Å². The van der Waals surface area contributed by atoms with Gasteiger partial charge in [0, 0.05) is 19.6 Å². The van der Waals surface area contributed by atoms with E-state index in [1.54, 1.807) is 11.3 Å². The highest BCUT2D eigenvalue weighted by Gasteiger charge is 2.40. The Hall–Kier alpha value is -1.46. The average molecular weight is 420 g/mol. The molecule has 4 nitrogen and oxygen atoms in total. The Balaban J connectivity index is 0.00000320. The normalized spacial score (nSPS) is 30.3. The molecular weight excluding hydrogens is 382 g/mol. The molecule has 3 atom stereocenters. The first-order valence-electron chi connectivity index (χ1n) is 10.9. The van der Waals surface area contributed by atoms with Gasteiger partial charge in [0.15, 0.2) is 0 Å². The lowest BCUT2D eigenvalue weighted by molar-refractivity contribution is -0.148. The molecule has 5 heteroatoms. The maximum Gasteiger partial charge on any atom is 0.306 e. The quantitative estimate of drug-likeness (QED) is 0.312. The molecule has 1 unspecified atom stereocenters. The summed E-state index contributed by atoms with van der Waals surface area (Å²) in [4.78, 5) is 17.2. The smallest absolute Gasteiger partial charge is 0.306 e. The first-order valence-corrected chi connectivity index (χ1v) is 11.8. The second kappa shape index (κ2) is 10.0. The van der Waals surface area contributed by atoms with Gasteiger partial charge in [-0.05, 0) is 63.0 Å². The topological polar surface area (TPSA) is 51.7 Å². The van der Waals surface area contributed by atoms with Gasteiger partial charge in [0.25, 0.3) is 0 Å². The Morgan fingerprint density at radius 1 is 1.28 bits per heavy atom. The molecule has 0 spiro atoms. The van der Waals surface area contributed by atoms with E-state index in [2.05, 4.69) is 31.0 Å². The minimum atomic E-state index is -0.250. The molecule has 0 aliphatic carbocycles. The van der Waals surface area contributed by atoms with E-state index in [9.17, 15) is 4.79 Å². The number of rotatable bonds is 2. The highest BCUT2D eigenvalue weighted by molar-refractivity contribution is 7.09. The summed E-state index contributed by atoms with van der Waals surface area (Å²) in [6, 6.07) is 0. The Kier molecular flexibility index (Phi) is 7.69. The summed E-state index contributed by atoms with van der Waals surface area (Å²) >= 11 is 1.63. The highest BCUT2D eigenvalue weighted by Crippen LogP contribution is 2.34. The van der Waals surface area contributed by atoms with Gasteiger partial charge >= 0.3 is 5.97 Å². The van der Waals surface area contributed by atoms with Gasteiger partial charge < -0.3 is 9.47 Å². The number of aryl methyl sites for hydroxylation is 1. The molecule has 1 saturated heterocycles. The SMILES string of the molecule is C/C(=C\c1csc(C)n1)[C@@H]1C[C@@H]2OC2C/C=C\CCCCC(C)(C)CCC(=O)O1.[HH]. The van der Waals surface area contributed by atoms with Crippen LogP contribution in [0.15, 0.2) is 23.1 Å². The number of thiazole rings is 1. The number of carbonyl (C=O) groups excluding carboxylic acids is 1. The number of esters is 1. The zero-order valence-corrected chi connectivity index (χ0v) is 19.1. The fourth-order valence-corrected chi connectivity index (χ4v) is 4.47. The maximum absolute atomic E-state index is 12.6. The molecule has 0 radical (unpaired) electrons. The van der Waals surface area contributed by atoms with Crippen LogP contribution in [0.2, 0.25) is 0 Å². The minimum absolute atomic E-state index is 0. The van der Waals surface area contributed by atoms with Crippen LogP contribution in [-0.4, -0.2) is 29.3 Å². The summed E-state index contributed by atoms with van der Waals surface area (Å²) in [5, 5.41) is 3.08. The molecule has 162 valence electrons. The second-order valence-corrected chi connectivity index (χ2v) is 10.3. The summed E-state index contributed by atoms with van der Waals surface area (Å²) in [5.41, 5.74) is 2.14. The molecule has 3 rings (SSSR count). The molecule has 1 aromatic heterocycles. The number of aromatic nitrogens is 1. The zero-order valence-electron chi connectivity index (χ0n) is 18.3. The van der Waals surface area contributed by atoms with Crippen LogP contribution in [-0.2, 0) is 14.3 Å². The predicted octanol–water partition coefficient (Wildman–Crippen LogP) is 6.50. The van der Waals surface area contributed by atoms with Gasteiger partial charge in [-0.25, -0.2) is 4.98 Å². The van der Waals surface area contributed by atoms with Crippen molar-refractivity contribution in [1.82, 2.24) is 4.98 Å². The molecular formula is C24H37NO3S. The Morgan fingerprint density at radius 2 is 2.10 bits per heavy atom. The number of carbonyl (C=O) groups is 1. The lowest BCUT2D eigenvalue weighted by atomic mass is 9.82. The average Bonchev–Trinajstić information content (AvgIpc) is 3.27. The maximum atomic E-state index is 12.6. The molecule has 0 aromatic carbocycles. The van der Waals surface area contributed by atoms with Crippen molar-refractivity contribution < 1.29 is 15.7 Å². The molecule has 3 heterocycles. The van der Waals surface area contributed by atoms with Gasteiger partial charge in [-0.15, -0.1) is 11.3 Å². The molecule has 1 fully saturated rings. The van der Waals surface area contributed by atoms with Crippen molar-refractivity contribution in [2.75, 3.05) is 0 Å². The van der Waals surface area contributed by atoms with E-state index >= 15 is 0 Å². The van der Waals surface area contributed by atoms with Gasteiger partial charge in [0.05, 0.1) is 22.9 Å². The highest BCUT2D eigenvalue weighted by atomic mass is 32.1. The lowest BCUT2D eigenvalue weighted by Crippen LogP contribution is -2.23. The van der Waals surface area contributed by atoms with Crippen LogP contribution in [0.5, 0.6) is 0 Å². The van der Waals surface area contributed by atoms with E-state index < -0.39 is 0 Å². The van der Waals surface area contributed by atoms with Crippen molar-refractivity contribution in [3.05, 3.63) is 33.8 Å². The van der Waals surface area contributed by atoms with Crippen LogP contribution in [0.3, 0.4) is 0 Å². The van der Waals surface area contributed by atoms with E-state index in [1.165, 1.54) is 12.8 Å². The van der Waals surface area contributed by atoms with Crippen LogP contribution < -0.4 is 0 Å². The number of fused-ring (bicyclic) bond motifs is 1. The monoisotopic (exact) mass is 419 g/mol. The number of ether oxygens (including phenoxy) is 2. The molecule has 29 heavy (non-hydrogen) atoms. The van der Waals surface area contributed by atoms with Crippen LogP contribution in [0.1, 0.15) is 84.3 Å². The van der Waals surface area contributed by atoms with Gasteiger partial charge in [-0.3, -0.25) is 4.79 Å². The van der Waals surface area contributed by atoms with Crippen molar-refractivity contribution >= 4 is 23.4 Å². The molecule has 0 bridgehead atoms. The standard InChI is InChI=1S/C24H35NO3S.H2/c1-17(14-19-16-29-18(2)25-19)21-15-22-20(27-22)10-8-6-5-7-9-12-24(3,4)13-11-23(26)28-21;/h6,8,14,16,20-22H,5,7,9-13,15H2,1-4H3;1H/b8-6-,17-14+;/t20?,21-,22-;/m0./s1. The summed E-state index contributed by atoms with van der Waals surface area (Å²) in [5.74, 6) is -0.102. The summed E-state index contributed by atoms with van der Waals surface area (Å²) in [6.45, 7) is 8.55. The third-order valence-corrected chi connectivity index (χ3v) is 6.73. The van der Waals surface area contributed by atoms with Gasteiger partial charge in [-0.1, -0.05) is 32.4 Å². The van der Waals surface area contributed by atoms with E-state index in [4.69, 9.17) is 9.47 Å². The molecule has 1 aromatic rings. The first kappa shape index (κ1) is 22.2. The van der Waals surface area contributed by atoms with E-state index in [0.717, 1.165) is 48.4 Å². The molecule has 0 N–H and O–H groups in total. The predicted molar refractivity (Wildman–Crippen MR) is 121 cm³/mol. The number of cyclic esters (lactones) is 1. The van der Waals surface area contributed by atoms with Crippen LogP contribution in [0, 0.1) is 12.3 Å². The fourth-order valence-electron chi connectivity index (χ4n) is 3.90. The lowest BCUT2D eigenvalue weighted by Gasteiger charge is -2.25. The van der Waals surface area contributed by atoms with Gasteiger partial charge in [-0.2, -0.15) is 0 Å². The largest absolute Gasteiger partial charge is 0.458 e. The van der Waals surface area contributed by atoms with Crippen LogP contribution in [0.25, 0.3) is 6.08 Å². The molecule has 2 aliphatic heterocycles.